The largest absolute Gasteiger partial charge is 0.350 e. The van der Waals surface area contributed by atoms with Crippen LogP contribution in [-0.2, 0) is 11.3 Å². The first-order valence-electron chi connectivity index (χ1n) is 7.01. The van der Waals surface area contributed by atoms with Gasteiger partial charge < -0.3 is 10.6 Å². The summed E-state index contributed by atoms with van der Waals surface area (Å²) in [4.78, 5) is 23.8. The maximum Gasteiger partial charge on any atom is 0.253 e. The van der Waals surface area contributed by atoms with Crippen LogP contribution in [0.3, 0.4) is 0 Å². The van der Waals surface area contributed by atoms with Crippen molar-refractivity contribution in [1.29, 1.82) is 0 Å². The quantitative estimate of drug-likeness (QED) is 0.868. The van der Waals surface area contributed by atoms with Crippen LogP contribution in [-0.4, -0.2) is 18.4 Å². The minimum atomic E-state index is -0.419. The van der Waals surface area contributed by atoms with Crippen LogP contribution in [0.2, 0.25) is 10.0 Å². The zero-order valence-corrected chi connectivity index (χ0v) is 14.0. The molecule has 0 fully saturated rings. The highest BCUT2D eigenvalue weighted by Crippen LogP contribution is 2.20. The fraction of sp³-hybridized carbons (Fsp3) is 0.176. The van der Waals surface area contributed by atoms with Crippen molar-refractivity contribution in [2.24, 2.45) is 0 Å². The fourth-order valence-electron chi connectivity index (χ4n) is 1.90. The minimum Gasteiger partial charge on any atom is -0.350 e. The second kappa shape index (κ2) is 7.99. The van der Waals surface area contributed by atoms with Crippen molar-refractivity contribution in [3.05, 3.63) is 69.2 Å². The lowest BCUT2D eigenvalue weighted by Crippen LogP contribution is -2.36. The number of rotatable bonds is 5. The molecule has 2 aromatic carbocycles. The highest BCUT2D eigenvalue weighted by Gasteiger charge is 2.11. The van der Waals surface area contributed by atoms with Crippen LogP contribution >= 0.6 is 23.2 Å². The molecule has 23 heavy (non-hydrogen) atoms. The van der Waals surface area contributed by atoms with Crippen molar-refractivity contribution in [2.75, 3.05) is 6.54 Å². The molecule has 0 aliphatic heterocycles. The van der Waals surface area contributed by atoms with E-state index in [0.29, 0.717) is 11.6 Å². The Morgan fingerprint density at radius 1 is 1.00 bits per heavy atom. The lowest BCUT2D eigenvalue weighted by atomic mass is 10.1. The Kier molecular flexibility index (Phi) is 6.02. The Hall–Kier alpha value is -2.04. The Morgan fingerprint density at radius 2 is 1.70 bits per heavy atom. The number of hydrogen-bond acceptors (Lipinski definition) is 2. The molecule has 0 spiro atoms. The minimum absolute atomic E-state index is 0.121. The Labute approximate surface area is 144 Å². The third-order valence-corrected chi connectivity index (χ3v) is 3.74. The van der Waals surface area contributed by atoms with E-state index in [9.17, 15) is 9.59 Å². The molecule has 0 bridgehead atoms. The molecule has 2 amide bonds. The molecule has 0 aromatic heterocycles. The second-order valence-electron chi connectivity index (χ2n) is 5.07. The molecule has 2 aromatic rings. The maximum atomic E-state index is 12.0. The van der Waals surface area contributed by atoms with E-state index in [1.807, 2.05) is 31.2 Å². The number of amides is 2. The van der Waals surface area contributed by atoms with Crippen molar-refractivity contribution in [1.82, 2.24) is 10.6 Å². The van der Waals surface area contributed by atoms with Gasteiger partial charge in [0.25, 0.3) is 5.91 Å². The number of carbonyl (C=O) groups excluding carboxylic acids is 2. The fourth-order valence-corrected chi connectivity index (χ4v) is 2.39. The molecule has 0 radical (unpaired) electrons. The van der Waals surface area contributed by atoms with E-state index in [2.05, 4.69) is 10.6 Å². The van der Waals surface area contributed by atoms with Gasteiger partial charge in [0.2, 0.25) is 5.91 Å². The average molecular weight is 351 g/mol. The van der Waals surface area contributed by atoms with Gasteiger partial charge in [0.1, 0.15) is 0 Å². The Morgan fingerprint density at radius 3 is 2.35 bits per heavy atom. The van der Waals surface area contributed by atoms with Gasteiger partial charge in [-0.1, -0.05) is 53.0 Å². The van der Waals surface area contributed by atoms with Gasteiger partial charge >= 0.3 is 0 Å². The summed E-state index contributed by atoms with van der Waals surface area (Å²) < 4.78 is 0. The van der Waals surface area contributed by atoms with E-state index in [4.69, 9.17) is 23.2 Å². The predicted molar refractivity (Wildman–Crippen MR) is 91.8 cm³/mol. The summed E-state index contributed by atoms with van der Waals surface area (Å²) in [6.45, 7) is 2.29. The first-order chi connectivity index (χ1) is 11.0. The van der Waals surface area contributed by atoms with Gasteiger partial charge in [-0.2, -0.15) is 0 Å². The molecule has 0 unspecified atom stereocenters. The zero-order valence-electron chi connectivity index (χ0n) is 12.5. The Balaban J connectivity index is 1.81. The van der Waals surface area contributed by atoms with E-state index >= 15 is 0 Å². The lowest BCUT2D eigenvalue weighted by molar-refractivity contribution is -0.120. The van der Waals surface area contributed by atoms with Gasteiger partial charge in [-0.15, -0.1) is 0 Å². The smallest absolute Gasteiger partial charge is 0.253 e. The van der Waals surface area contributed by atoms with Crippen LogP contribution in [0.15, 0.2) is 42.5 Å². The molecule has 2 N–H and O–H groups in total. The molecule has 0 aliphatic carbocycles. The number of hydrogen-bond donors (Lipinski definition) is 2. The van der Waals surface area contributed by atoms with Gasteiger partial charge in [-0.25, -0.2) is 0 Å². The van der Waals surface area contributed by atoms with Gasteiger partial charge in [-0.05, 0) is 30.7 Å². The van der Waals surface area contributed by atoms with Crippen molar-refractivity contribution >= 4 is 35.0 Å². The van der Waals surface area contributed by atoms with Crippen molar-refractivity contribution in [2.45, 2.75) is 13.5 Å². The second-order valence-corrected chi connectivity index (χ2v) is 5.91. The first kappa shape index (κ1) is 17.3. The predicted octanol–water partition coefficient (Wildman–Crippen LogP) is 3.35. The normalized spacial score (nSPS) is 10.2. The molecule has 4 nitrogen and oxygen atoms in total. The summed E-state index contributed by atoms with van der Waals surface area (Å²) >= 11 is 11.7. The molecule has 0 atom stereocenters. The molecular formula is C17H16Cl2N2O2. The van der Waals surface area contributed by atoms with Gasteiger partial charge in [0, 0.05) is 11.6 Å². The summed E-state index contributed by atoms with van der Waals surface area (Å²) in [5.41, 5.74) is 2.44. The Bertz CT molecular complexity index is 715. The van der Waals surface area contributed by atoms with E-state index in [1.165, 1.54) is 12.1 Å². The van der Waals surface area contributed by atoms with E-state index in [0.717, 1.165) is 11.1 Å². The maximum absolute atomic E-state index is 12.0. The number of halogens is 2. The SMILES string of the molecule is Cc1ccc(CNC(=O)CNC(=O)c2ccc(Cl)cc2Cl)cc1. The van der Waals surface area contributed by atoms with Crippen LogP contribution in [0.5, 0.6) is 0 Å². The van der Waals surface area contributed by atoms with Crippen molar-refractivity contribution < 1.29 is 9.59 Å². The summed E-state index contributed by atoms with van der Waals surface area (Å²) in [6, 6.07) is 12.4. The van der Waals surface area contributed by atoms with Crippen molar-refractivity contribution in [3.63, 3.8) is 0 Å². The summed E-state index contributed by atoms with van der Waals surface area (Å²) in [5.74, 6) is -0.693. The highest BCUT2D eigenvalue weighted by molar-refractivity contribution is 6.36. The monoisotopic (exact) mass is 350 g/mol. The highest BCUT2D eigenvalue weighted by atomic mass is 35.5. The summed E-state index contributed by atoms with van der Waals surface area (Å²) in [6.07, 6.45) is 0. The zero-order chi connectivity index (χ0) is 16.8. The molecule has 0 saturated carbocycles. The van der Waals surface area contributed by atoms with Crippen LogP contribution in [0.1, 0.15) is 21.5 Å². The van der Waals surface area contributed by atoms with Gasteiger partial charge in [-0.3, -0.25) is 9.59 Å². The average Bonchev–Trinajstić information content (AvgIpc) is 2.52. The topological polar surface area (TPSA) is 58.2 Å². The molecule has 0 heterocycles. The van der Waals surface area contributed by atoms with E-state index < -0.39 is 5.91 Å². The number of carbonyl (C=O) groups is 2. The third kappa shape index (κ3) is 5.27. The lowest BCUT2D eigenvalue weighted by Gasteiger charge is -2.08. The molecule has 6 heteroatoms. The molecule has 2 rings (SSSR count). The first-order valence-corrected chi connectivity index (χ1v) is 7.77. The van der Waals surface area contributed by atoms with Gasteiger partial charge in [0.15, 0.2) is 0 Å². The molecule has 0 aliphatic rings. The molecule has 120 valence electrons. The molecular weight excluding hydrogens is 335 g/mol. The summed E-state index contributed by atoms with van der Waals surface area (Å²) in [7, 11) is 0. The van der Waals surface area contributed by atoms with Crippen LogP contribution in [0, 0.1) is 6.92 Å². The standard InChI is InChI=1S/C17H16Cl2N2O2/c1-11-2-4-12(5-3-11)9-20-16(22)10-21-17(23)14-7-6-13(18)8-15(14)19/h2-8H,9-10H2,1H3,(H,20,22)(H,21,23). The number of benzene rings is 2. The summed E-state index contributed by atoms with van der Waals surface area (Å²) in [5, 5.41) is 5.96. The number of aryl methyl sites for hydroxylation is 1. The van der Waals surface area contributed by atoms with E-state index in [1.54, 1.807) is 6.07 Å². The van der Waals surface area contributed by atoms with Crippen LogP contribution in [0.25, 0.3) is 0 Å². The van der Waals surface area contributed by atoms with E-state index in [-0.39, 0.29) is 23.0 Å². The van der Waals surface area contributed by atoms with Gasteiger partial charge in [0.05, 0.1) is 17.1 Å². The van der Waals surface area contributed by atoms with Crippen molar-refractivity contribution in [3.8, 4) is 0 Å². The third-order valence-electron chi connectivity index (χ3n) is 3.20. The molecule has 0 saturated heterocycles. The number of nitrogens with one attached hydrogen (secondary N) is 2. The van der Waals surface area contributed by atoms with Crippen LogP contribution < -0.4 is 10.6 Å². The van der Waals surface area contributed by atoms with Crippen LogP contribution in [0.4, 0.5) is 0 Å².